The number of anilines is 1. The van der Waals surface area contributed by atoms with Crippen molar-refractivity contribution in [1.29, 1.82) is 0 Å². The van der Waals surface area contributed by atoms with Gasteiger partial charge in [-0.3, -0.25) is 4.90 Å². The number of hydrogen-bond donors (Lipinski definition) is 0. The van der Waals surface area contributed by atoms with Gasteiger partial charge in [0.2, 0.25) is 5.13 Å². The van der Waals surface area contributed by atoms with Gasteiger partial charge in [-0.2, -0.15) is 0 Å². The molecule has 0 saturated carbocycles. The number of nitrogens with zero attached hydrogens (tertiary/aromatic N) is 5. The summed E-state index contributed by atoms with van der Waals surface area (Å²) in [4.78, 5) is 9.16. The first kappa shape index (κ1) is 17.5. The fraction of sp³-hybridized carbons (Fsp3) is 0.389. The minimum atomic E-state index is -0.186. The SMILES string of the molecule is CC(c1nccs1)N1CCN(c2nnc(Cc3ccccc3F)s2)CC1. The van der Waals surface area contributed by atoms with Gasteiger partial charge in [-0.15, -0.1) is 21.5 Å². The molecule has 8 heteroatoms. The van der Waals surface area contributed by atoms with Gasteiger partial charge in [0.25, 0.3) is 0 Å². The first-order valence-electron chi connectivity index (χ1n) is 8.65. The van der Waals surface area contributed by atoms with Gasteiger partial charge in [0.05, 0.1) is 6.04 Å². The molecule has 1 unspecified atom stereocenters. The predicted molar refractivity (Wildman–Crippen MR) is 103 cm³/mol. The maximum Gasteiger partial charge on any atom is 0.208 e. The summed E-state index contributed by atoms with van der Waals surface area (Å²) in [6, 6.07) is 7.19. The molecule has 3 aromatic rings. The van der Waals surface area contributed by atoms with Crippen LogP contribution in [0.5, 0.6) is 0 Å². The van der Waals surface area contributed by atoms with Gasteiger partial charge in [0.15, 0.2) is 0 Å². The van der Waals surface area contributed by atoms with Crippen LogP contribution in [0.15, 0.2) is 35.8 Å². The lowest BCUT2D eigenvalue weighted by Gasteiger charge is -2.37. The van der Waals surface area contributed by atoms with Crippen LogP contribution >= 0.6 is 22.7 Å². The van der Waals surface area contributed by atoms with Crippen LogP contribution in [-0.4, -0.2) is 46.3 Å². The molecule has 3 heterocycles. The summed E-state index contributed by atoms with van der Waals surface area (Å²) in [5.41, 5.74) is 0.664. The Labute approximate surface area is 160 Å². The zero-order valence-electron chi connectivity index (χ0n) is 14.5. The van der Waals surface area contributed by atoms with Gasteiger partial charge in [-0.25, -0.2) is 9.37 Å². The summed E-state index contributed by atoms with van der Waals surface area (Å²) in [7, 11) is 0. The van der Waals surface area contributed by atoms with Gasteiger partial charge >= 0.3 is 0 Å². The van der Waals surface area contributed by atoms with E-state index < -0.39 is 0 Å². The van der Waals surface area contributed by atoms with Gasteiger partial charge in [-0.1, -0.05) is 29.5 Å². The van der Waals surface area contributed by atoms with Gasteiger partial charge < -0.3 is 4.90 Å². The van der Waals surface area contributed by atoms with Gasteiger partial charge in [-0.05, 0) is 18.6 Å². The van der Waals surface area contributed by atoms with Crippen LogP contribution in [0.4, 0.5) is 9.52 Å². The van der Waals surface area contributed by atoms with Crippen molar-refractivity contribution < 1.29 is 4.39 Å². The number of benzene rings is 1. The quantitative estimate of drug-likeness (QED) is 0.667. The summed E-state index contributed by atoms with van der Waals surface area (Å²) in [5.74, 6) is -0.186. The summed E-state index contributed by atoms with van der Waals surface area (Å²) in [6.45, 7) is 6.01. The Hall–Kier alpha value is -1.90. The molecular formula is C18H20FN5S2. The molecule has 4 rings (SSSR count). The second-order valence-corrected chi connectivity index (χ2v) is 8.28. The van der Waals surface area contributed by atoms with E-state index in [9.17, 15) is 4.39 Å². The van der Waals surface area contributed by atoms with E-state index in [1.54, 1.807) is 34.8 Å². The molecule has 5 nitrogen and oxygen atoms in total. The molecule has 0 aliphatic carbocycles. The van der Waals surface area contributed by atoms with Crippen molar-refractivity contribution in [3.63, 3.8) is 0 Å². The number of aromatic nitrogens is 3. The highest BCUT2D eigenvalue weighted by molar-refractivity contribution is 7.15. The van der Waals surface area contributed by atoms with Crippen molar-refractivity contribution in [3.05, 3.63) is 57.2 Å². The van der Waals surface area contributed by atoms with Crippen molar-refractivity contribution >= 4 is 27.8 Å². The smallest absolute Gasteiger partial charge is 0.208 e. The molecule has 0 bridgehead atoms. The number of rotatable bonds is 5. The number of halogens is 1. The van der Waals surface area contributed by atoms with E-state index in [0.717, 1.165) is 36.3 Å². The molecule has 0 amide bonds. The van der Waals surface area contributed by atoms with Crippen molar-refractivity contribution in [2.75, 3.05) is 31.1 Å². The Morgan fingerprint density at radius 1 is 1.15 bits per heavy atom. The molecule has 136 valence electrons. The minimum absolute atomic E-state index is 0.186. The molecule has 1 fully saturated rings. The lowest BCUT2D eigenvalue weighted by molar-refractivity contribution is 0.198. The molecular weight excluding hydrogens is 369 g/mol. The molecule has 0 spiro atoms. The Bertz CT molecular complexity index is 843. The monoisotopic (exact) mass is 389 g/mol. The predicted octanol–water partition coefficient (Wildman–Crippen LogP) is 3.61. The van der Waals surface area contributed by atoms with Crippen LogP contribution in [0, 0.1) is 5.82 Å². The van der Waals surface area contributed by atoms with E-state index in [-0.39, 0.29) is 5.82 Å². The van der Waals surface area contributed by atoms with Gasteiger partial charge in [0.1, 0.15) is 15.8 Å². The Morgan fingerprint density at radius 3 is 2.69 bits per heavy atom. The maximum absolute atomic E-state index is 13.8. The van der Waals surface area contributed by atoms with Crippen LogP contribution in [0.1, 0.15) is 28.5 Å². The Kier molecular flexibility index (Phi) is 5.23. The molecule has 0 N–H and O–H groups in total. The zero-order chi connectivity index (χ0) is 17.9. The largest absolute Gasteiger partial charge is 0.344 e. The van der Waals surface area contributed by atoms with E-state index in [0.29, 0.717) is 18.0 Å². The first-order valence-corrected chi connectivity index (χ1v) is 10.3. The lowest BCUT2D eigenvalue weighted by atomic mass is 10.1. The van der Waals surface area contributed by atoms with Crippen LogP contribution < -0.4 is 4.90 Å². The third-order valence-electron chi connectivity index (χ3n) is 4.70. The van der Waals surface area contributed by atoms with E-state index in [2.05, 4.69) is 31.9 Å². The molecule has 2 aromatic heterocycles. The third-order valence-corrected chi connectivity index (χ3v) is 6.63. The standard InChI is InChI=1S/C18H20FN5S2/c1-13(17-20-6-11-25-17)23-7-9-24(10-8-23)18-22-21-16(26-18)12-14-4-2-3-5-15(14)19/h2-6,11,13H,7-10,12H2,1H3. The molecule has 1 atom stereocenters. The molecule has 0 radical (unpaired) electrons. The number of thiazole rings is 1. The van der Waals surface area contributed by atoms with Crippen molar-refractivity contribution in [3.8, 4) is 0 Å². The highest BCUT2D eigenvalue weighted by Crippen LogP contribution is 2.27. The Morgan fingerprint density at radius 2 is 1.96 bits per heavy atom. The summed E-state index contributed by atoms with van der Waals surface area (Å²) in [5, 5.41) is 13.6. The topological polar surface area (TPSA) is 45.2 Å². The fourth-order valence-electron chi connectivity index (χ4n) is 3.15. The van der Waals surface area contributed by atoms with Gasteiger partial charge in [0, 0.05) is 44.2 Å². The fourth-order valence-corrected chi connectivity index (χ4v) is 4.79. The third kappa shape index (κ3) is 3.77. The van der Waals surface area contributed by atoms with E-state index in [1.807, 2.05) is 17.6 Å². The summed E-state index contributed by atoms with van der Waals surface area (Å²) >= 11 is 3.27. The van der Waals surface area contributed by atoms with Crippen LogP contribution in [0.2, 0.25) is 0 Å². The van der Waals surface area contributed by atoms with Crippen LogP contribution in [0.3, 0.4) is 0 Å². The summed E-state index contributed by atoms with van der Waals surface area (Å²) < 4.78 is 13.8. The van der Waals surface area contributed by atoms with E-state index >= 15 is 0 Å². The summed E-state index contributed by atoms with van der Waals surface area (Å²) in [6.07, 6.45) is 2.36. The highest BCUT2D eigenvalue weighted by Gasteiger charge is 2.25. The first-order chi connectivity index (χ1) is 12.7. The molecule has 1 aliphatic rings. The van der Waals surface area contributed by atoms with Crippen LogP contribution in [-0.2, 0) is 6.42 Å². The zero-order valence-corrected chi connectivity index (χ0v) is 16.1. The number of piperazine rings is 1. The minimum Gasteiger partial charge on any atom is -0.344 e. The molecule has 26 heavy (non-hydrogen) atoms. The second-order valence-electron chi connectivity index (χ2n) is 6.32. The maximum atomic E-state index is 13.8. The number of hydrogen-bond acceptors (Lipinski definition) is 7. The Balaban J connectivity index is 1.36. The van der Waals surface area contributed by atoms with Crippen molar-refractivity contribution in [2.24, 2.45) is 0 Å². The molecule has 1 aromatic carbocycles. The average molecular weight is 390 g/mol. The normalized spacial score (nSPS) is 16.8. The molecule has 1 aliphatic heterocycles. The highest BCUT2D eigenvalue weighted by atomic mass is 32.1. The van der Waals surface area contributed by atoms with Crippen molar-refractivity contribution in [1.82, 2.24) is 20.1 Å². The average Bonchev–Trinajstić information content (AvgIpc) is 3.35. The second kappa shape index (κ2) is 7.77. The lowest BCUT2D eigenvalue weighted by Crippen LogP contribution is -2.47. The van der Waals surface area contributed by atoms with E-state index in [4.69, 9.17) is 0 Å². The molecule has 1 saturated heterocycles. The van der Waals surface area contributed by atoms with E-state index in [1.165, 1.54) is 11.1 Å². The van der Waals surface area contributed by atoms with Crippen molar-refractivity contribution in [2.45, 2.75) is 19.4 Å². The van der Waals surface area contributed by atoms with Crippen LogP contribution in [0.25, 0.3) is 0 Å².